The van der Waals surface area contributed by atoms with Gasteiger partial charge in [0.25, 0.3) is 0 Å². The summed E-state index contributed by atoms with van der Waals surface area (Å²) in [5.41, 5.74) is 2.85. The SMILES string of the molecule is CCCCC(=O)CCCCCO.OC1CCC(c2ccccc2)(c2ccccc2)CC1. The molecular weight excluding hydrogens is 384 g/mol. The largest absolute Gasteiger partial charge is 0.396 e. The van der Waals surface area contributed by atoms with Crippen LogP contribution in [-0.4, -0.2) is 28.7 Å². The van der Waals surface area contributed by atoms with Gasteiger partial charge in [-0.05, 0) is 56.1 Å². The first-order chi connectivity index (χ1) is 15.1. The highest BCUT2D eigenvalue weighted by Crippen LogP contribution is 2.44. The molecule has 0 amide bonds. The van der Waals surface area contributed by atoms with E-state index in [1.807, 2.05) is 0 Å². The normalized spacial score (nSPS) is 15.7. The molecule has 0 saturated heterocycles. The zero-order valence-corrected chi connectivity index (χ0v) is 19.1. The summed E-state index contributed by atoms with van der Waals surface area (Å²) in [6.45, 7) is 2.35. The summed E-state index contributed by atoms with van der Waals surface area (Å²) in [6, 6.07) is 21.5. The van der Waals surface area contributed by atoms with E-state index in [4.69, 9.17) is 5.11 Å². The van der Waals surface area contributed by atoms with Gasteiger partial charge in [-0.3, -0.25) is 4.79 Å². The van der Waals surface area contributed by atoms with Crippen molar-refractivity contribution in [1.82, 2.24) is 0 Å². The van der Waals surface area contributed by atoms with Crippen molar-refractivity contribution in [3.8, 4) is 0 Å². The number of hydrogen-bond donors (Lipinski definition) is 2. The van der Waals surface area contributed by atoms with Gasteiger partial charge in [-0.1, -0.05) is 80.4 Å². The van der Waals surface area contributed by atoms with Crippen LogP contribution >= 0.6 is 0 Å². The number of carbonyl (C=O) groups is 1. The fourth-order valence-corrected chi connectivity index (χ4v) is 4.46. The van der Waals surface area contributed by atoms with E-state index in [1.54, 1.807) is 0 Å². The minimum atomic E-state index is -0.124. The van der Waals surface area contributed by atoms with E-state index < -0.39 is 0 Å². The third-order valence-corrected chi connectivity index (χ3v) is 6.38. The maximum absolute atomic E-state index is 11.1. The molecule has 0 spiro atoms. The van der Waals surface area contributed by atoms with Crippen LogP contribution in [0.2, 0.25) is 0 Å². The summed E-state index contributed by atoms with van der Waals surface area (Å²) in [4.78, 5) is 11.1. The van der Waals surface area contributed by atoms with Crippen molar-refractivity contribution in [2.45, 2.75) is 89.1 Å². The van der Waals surface area contributed by atoms with Crippen molar-refractivity contribution in [2.24, 2.45) is 0 Å². The number of benzene rings is 2. The number of hydrogen-bond acceptors (Lipinski definition) is 3. The second kappa shape index (κ2) is 14.2. The van der Waals surface area contributed by atoms with Crippen molar-refractivity contribution in [3.63, 3.8) is 0 Å². The molecular formula is C28H40O3. The van der Waals surface area contributed by atoms with Crippen LogP contribution in [0, 0.1) is 0 Å². The fraction of sp³-hybridized carbons (Fsp3) is 0.536. The molecule has 2 aromatic rings. The van der Waals surface area contributed by atoms with Gasteiger partial charge in [0.2, 0.25) is 0 Å². The second-order valence-electron chi connectivity index (χ2n) is 8.72. The molecule has 0 unspecified atom stereocenters. The van der Waals surface area contributed by atoms with E-state index in [-0.39, 0.29) is 18.1 Å². The zero-order chi connectivity index (χ0) is 22.4. The smallest absolute Gasteiger partial charge is 0.132 e. The lowest BCUT2D eigenvalue weighted by molar-refractivity contribution is -0.119. The van der Waals surface area contributed by atoms with Gasteiger partial charge in [0, 0.05) is 24.9 Å². The van der Waals surface area contributed by atoms with Gasteiger partial charge in [-0.2, -0.15) is 0 Å². The summed E-state index contributed by atoms with van der Waals surface area (Å²) >= 11 is 0. The number of Topliss-reactive ketones (excluding diaryl/α,β-unsaturated/α-hetero) is 1. The Hall–Kier alpha value is -1.97. The number of aliphatic hydroxyl groups excluding tert-OH is 2. The Morgan fingerprint density at radius 3 is 1.84 bits per heavy atom. The Bertz CT molecular complexity index is 677. The lowest BCUT2D eigenvalue weighted by Gasteiger charge is -2.40. The Labute approximate surface area is 188 Å². The maximum Gasteiger partial charge on any atom is 0.132 e. The molecule has 0 aliphatic heterocycles. The summed E-state index contributed by atoms with van der Waals surface area (Å²) in [5, 5.41) is 18.3. The van der Waals surface area contributed by atoms with E-state index >= 15 is 0 Å². The molecule has 0 aromatic heterocycles. The molecule has 1 aliphatic rings. The molecule has 31 heavy (non-hydrogen) atoms. The van der Waals surface area contributed by atoms with Crippen molar-refractivity contribution in [2.75, 3.05) is 6.61 Å². The van der Waals surface area contributed by atoms with Gasteiger partial charge in [0.1, 0.15) is 5.78 Å². The van der Waals surface area contributed by atoms with Crippen LogP contribution in [0.4, 0.5) is 0 Å². The monoisotopic (exact) mass is 424 g/mol. The standard InChI is InChI=1S/C18H20O.C10H20O2/c19-17-11-13-18(14-12-17,15-7-3-1-4-8-15)16-9-5-2-6-10-16;1-2-3-7-10(12)8-5-4-6-9-11/h1-10,17,19H,11-14H2;11H,2-9H2,1H3. The summed E-state index contributed by atoms with van der Waals surface area (Å²) in [6.07, 6.45) is 10.1. The maximum atomic E-state index is 11.1. The molecule has 3 nitrogen and oxygen atoms in total. The molecule has 170 valence electrons. The van der Waals surface area contributed by atoms with Crippen LogP contribution in [-0.2, 0) is 10.2 Å². The minimum Gasteiger partial charge on any atom is -0.396 e. The lowest BCUT2D eigenvalue weighted by Crippen LogP contribution is -2.34. The molecule has 1 fully saturated rings. The molecule has 1 saturated carbocycles. The highest BCUT2D eigenvalue weighted by Gasteiger charge is 2.37. The number of carbonyl (C=O) groups excluding carboxylic acids is 1. The number of ketones is 1. The fourth-order valence-electron chi connectivity index (χ4n) is 4.46. The molecule has 3 heteroatoms. The quantitative estimate of drug-likeness (QED) is 0.446. The van der Waals surface area contributed by atoms with Gasteiger partial charge < -0.3 is 10.2 Å². The van der Waals surface area contributed by atoms with Crippen molar-refractivity contribution in [1.29, 1.82) is 0 Å². The van der Waals surface area contributed by atoms with Gasteiger partial charge in [-0.25, -0.2) is 0 Å². The Kier molecular flexibility index (Phi) is 11.6. The predicted octanol–water partition coefficient (Wildman–Crippen LogP) is 6.21. The van der Waals surface area contributed by atoms with Crippen LogP contribution < -0.4 is 0 Å². The highest BCUT2D eigenvalue weighted by atomic mass is 16.3. The Balaban J connectivity index is 0.000000248. The topological polar surface area (TPSA) is 57.5 Å². The van der Waals surface area contributed by atoms with E-state index in [2.05, 4.69) is 67.6 Å². The van der Waals surface area contributed by atoms with Gasteiger partial charge in [0.05, 0.1) is 6.10 Å². The number of unbranched alkanes of at least 4 members (excludes halogenated alkanes) is 3. The molecule has 2 N–H and O–H groups in total. The molecule has 0 radical (unpaired) electrons. The Morgan fingerprint density at radius 1 is 0.839 bits per heavy atom. The van der Waals surface area contributed by atoms with Gasteiger partial charge >= 0.3 is 0 Å². The van der Waals surface area contributed by atoms with Crippen molar-refractivity contribution >= 4 is 5.78 Å². The predicted molar refractivity (Wildman–Crippen MR) is 128 cm³/mol. The third-order valence-electron chi connectivity index (χ3n) is 6.38. The molecule has 2 aromatic carbocycles. The average Bonchev–Trinajstić information content (AvgIpc) is 2.83. The summed E-state index contributed by atoms with van der Waals surface area (Å²) in [5.74, 6) is 0.384. The minimum absolute atomic E-state index is 0.0851. The van der Waals surface area contributed by atoms with Crippen molar-refractivity contribution in [3.05, 3.63) is 71.8 Å². The van der Waals surface area contributed by atoms with Crippen LogP contribution in [0.1, 0.15) is 88.7 Å². The Morgan fingerprint density at radius 2 is 1.35 bits per heavy atom. The summed E-state index contributed by atoms with van der Waals surface area (Å²) < 4.78 is 0. The van der Waals surface area contributed by atoms with Crippen LogP contribution in [0.5, 0.6) is 0 Å². The lowest BCUT2D eigenvalue weighted by atomic mass is 9.65. The van der Waals surface area contributed by atoms with Crippen molar-refractivity contribution < 1.29 is 15.0 Å². The average molecular weight is 425 g/mol. The highest BCUT2D eigenvalue weighted by molar-refractivity contribution is 5.78. The summed E-state index contributed by atoms with van der Waals surface area (Å²) in [7, 11) is 0. The molecule has 0 heterocycles. The van der Waals surface area contributed by atoms with E-state index in [1.165, 1.54) is 11.1 Å². The van der Waals surface area contributed by atoms with E-state index in [9.17, 15) is 9.90 Å². The molecule has 0 bridgehead atoms. The van der Waals surface area contributed by atoms with Crippen LogP contribution in [0.3, 0.4) is 0 Å². The second-order valence-corrected chi connectivity index (χ2v) is 8.72. The molecule has 0 atom stereocenters. The van der Waals surface area contributed by atoms with Gasteiger partial charge in [0.15, 0.2) is 0 Å². The first-order valence-corrected chi connectivity index (χ1v) is 12.0. The molecule has 3 rings (SSSR count). The van der Waals surface area contributed by atoms with E-state index in [0.717, 1.165) is 64.2 Å². The first-order valence-electron chi connectivity index (χ1n) is 12.0. The number of aliphatic hydroxyl groups is 2. The number of rotatable bonds is 10. The first kappa shape index (κ1) is 25.3. The van der Waals surface area contributed by atoms with Crippen LogP contribution in [0.25, 0.3) is 0 Å². The third kappa shape index (κ3) is 8.23. The van der Waals surface area contributed by atoms with Gasteiger partial charge in [-0.15, -0.1) is 0 Å². The zero-order valence-electron chi connectivity index (χ0n) is 19.1. The van der Waals surface area contributed by atoms with Crippen LogP contribution in [0.15, 0.2) is 60.7 Å². The van der Waals surface area contributed by atoms with E-state index in [0.29, 0.717) is 12.2 Å². The molecule has 1 aliphatic carbocycles.